The van der Waals surface area contributed by atoms with Gasteiger partial charge in [-0.2, -0.15) is 4.98 Å². The normalized spacial score (nSPS) is 10.8. The molecule has 0 atom stereocenters. The van der Waals surface area contributed by atoms with Crippen molar-refractivity contribution in [3.05, 3.63) is 57.4 Å². The molecule has 0 radical (unpaired) electrons. The number of rotatable bonds is 4. The minimum absolute atomic E-state index is 0.213. The molecule has 9 nitrogen and oxygen atoms in total. The lowest BCUT2D eigenvalue weighted by Crippen LogP contribution is -2.16. The molecule has 0 aliphatic rings. The zero-order valence-electron chi connectivity index (χ0n) is 13.4. The third kappa shape index (κ3) is 3.42. The lowest BCUT2D eigenvalue weighted by atomic mass is 10.2. The number of benzene rings is 1. The van der Waals surface area contributed by atoms with Gasteiger partial charge in [0.15, 0.2) is 5.82 Å². The van der Waals surface area contributed by atoms with Crippen LogP contribution in [0.3, 0.4) is 0 Å². The number of fused-ring (bicyclic) bond motifs is 1. The first-order valence-corrected chi connectivity index (χ1v) is 7.27. The van der Waals surface area contributed by atoms with Crippen LogP contribution in [0.5, 0.6) is 0 Å². The minimum Gasteiger partial charge on any atom is -0.323 e. The van der Waals surface area contributed by atoms with Crippen LogP contribution in [-0.4, -0.2) is 30.4 Å². The van der Waals surface area contributed by atoms with Crippen molar-refractivity contribution in [2.75, 3.05) is 5.32 Å². The molecule has 25 heavy (non-hydrogen) atoms. The molecule has 1 aromatic carbocycles. The molecule has 0 fully saturated rings. The van der Waals surface area contributed by atoms with Crippen molar-refractivity contribution in [1.82, 2.24) is 19.6 Å². The maximum absolute atomic E-state index is 13.7. The van der Waals surface area contributed by atoms with Crippen molar-refractivity contribution >= 4 is 23.1 Å². The van der Waals surface area contributed by atoms with E-state index in [0.29, 0.717) is 5.78 Å². The van der Waals surface area contributed by atoms with Gasteiger partial charge in [-0.3, -0.25) is 14.9 Å². The van der Waals surface area contributed by atoms with Crippen LogP contribution in [0.1, 0.15) is 17.2 Å². The van der Waals surface area contributed by atoms with Gasteiger partial charge in [0.2, 0.25) is 5.91 Å². The van der Waals surface area contributed by atoms with Gasteiger partial charge in [-0.05, 0) is 26.0 Å². The lowest BCUT2D eigenvalue weighted by Gasteiger charge is -2.04. The number of aromatic nitrogens is 4. The number of amides is 1. The number of anilines is 1. The van der Waals surface area contributed by atoms with Crippen LogP contribution in [0.15, 0.2) is 24.3 Å². The fourth-order valence-corrected chi connectivity index (χ4v) is 2.34. The quantitative estimate of drug-likeness (QED) is 0.571. The number of aryl methyl sites for hydroxylation is 2. The predicted octanol–water partition coefficient (Wildman–Crippen LogP) is 1.97. The molecule has 10 heteroatoms. The van der Waals surface area contributed by atoms with E-state index in [1.807, 2.05) is 19.9 Å². The average molecular weight is 344 g/mol. The van der Waals surface area contributed by atoms with Crippen LogP contribution in [0, 0.1) is 29.8 Å². The Morgan fingerprint density at radius 1 is 1.32 bits per heavy atom. The number of halogens is 1. The Kier molecular flexibility index (Phi) is 4.09. The van der Waals surface area contributed by atoms with Crippen LogP contribution >= 0.6 is 0 Å². The van der Waals surface area contributed by atoms with Gasteiger partial charge in [-0.1, -0.05) is 0 Å². The fourth-order valence-electron chi connectivity index (χ4n) is 2.34. The summed E-state index contributed by atoms with van der Waals surface area (Å²) in [4.78, 5) is 30.5. The number of nitrogens with zero attached hydrogens (tertiary/aromatic N) is 5. The predicted molar refractivity (Wildman–Crippen MR) is 85.6 cm³/mol. The number of carbonyl (C=O) groups is 1. The lowest BCUT2D eigenvalue weighted by molar-refractivity contribution is -0.384. The highest BCUT2D eigenvalue weighted by Gasteiger charge is 2.16. The number of hydrogen-bond acceptors (Lipinski definition) is 6. The molecule has 128 valence electrons. The summed E-state index contributed by atoms with van der Waals surface area (Å²) in [6.07, 6.45) is -0.218. The molecule has 0 bridgehead atoms. The average Bonchev–Trinajstić information content (AvgIpc) is 2.91. The maximum atomic E-state index is 13.7. The molecule has 0 saturated carbocycles. The van der Waals surface area contributed by atoms with E-state index in [-0.39, 0.29) is 23.6 Å². The van der Waals surface area contributed by atoms with Crippen molar-refractivity contribution in [2.45, 2.75) is 20.3 Å². The van der Waals surface area contributed by atoms with Crippen molar-refractivity contribution in [3.63, 3.8) is 0 Å². The second-order valence-electron chi connectivity index (χ2n) is 5.42. The third-order valence-corrected chi connectivity index (χ3v) is 3.42. The summed E-state index contributed by atoms with van der Waals surface area (Å²) in [5.74, 6) is -0.786. The highest BCUT2D eigenvalue weighted by molar-refractivity contribution is 5.92. The Balaban J connectivity index is 1.80. The number of hydrogen-bond donors (Lipinski definition) is 1. The summed E-state index contributed by atoms with van der Waals surface area (Å²) in [5, 5.41) is 17.2. The van der Waals surface area contributed by atoms with Crippen LogP contribution in [0.25, 0.3) is 5.78 Å². The Morgan fingerprint density at radius 3 is 2.80 bits per heavy atom. The van der Waals surface area contributed by atoms with E-state index in [1.54, 1.807) is 0 Å². The first-order chi connectivity index (χ1) is 11.8. The SMILES string of the molecule is Cc1cc(C)n2nc(CC(=O)Nc3cc([N+](=O)[O-])ccc3F)nc2n1. The fraction of sp³-hybridized carbons (Fsp3) is 0.200. The molecule has 0 unspecified atom stereocenters. The van der Waals surface area contributed by atoms with E-state index in [2.05, 4.69) is 20.4 Å². The van der Waals surface area contributed by atoms with Gasteiger partial charge in [0, 0.05) is 23.5 Å². The molecule has 3 aromatic rings. The van der Waals surface area contributed by atoms with Crippen molar-refractivity contribution < 1.29 is 14.1 Å². The Hall–Kier alpha value is -3.43. The summed E-state index contributed by atoms with van der Waals surface area (Å²) < 4.78 is 15.2. The van der Waals surface area contributed by atoms with E-state index in [4.69, 9.17) is 0 Å². The Morgan fingerprint density at radius 2 is 2.08 bits per heavy atom. The summed E-state index contributed by atoms with van der Waals surface area (Å²) in [5.41, 5.74) is 0.990. The second-order valence-corrected chi connectivity index (χ2v) is 5.42. The highest BCUT2D eigenvalue weighted by Crippen LogP contribution is 2.21. The van der Waals surface area contributed by atoms with Crippen molar-refractivity contribution in [3.8, 4) is 0 Å². The van der Waals surface area contributed by atoms with E-state index in [0.717, 1.165) is 29.6 Å². The minimum atomic E-state index is -0.768. The number of nitro benzene ring substituents is 1. The number of nitrogens with one attached hydrogen (secondary N) is 1. The van der Waals surface area contributed by atoms with Gasteiger partial charge in [0.05, 0.1) is 17.0 Å². The van der Waals surface area contributed by atoms with Gasteiger partial charge in [0.1, 0.15) is 5.82 Å². The summed E-state index contributed by atoms with van der Waals surface area (Å²) in [6, 6.07) is 4.72. The molecule has 2 aromatic heterocycles. The number of non-ortho nitro benzene ring substituents is 1. The third-order valence-electron chi connectivity index (χ3n) is 3.42. The first-order valence-electron chi connectivity index (χ1n) is 7.27. The summed E-state index contributed by atoms with van der Waals surface area (Å²) in [7, 11) is 0. The smallest absolute Gasteiger partial charge is 0.271 e. The van der Waals surface area contributed by atoms with E-state index in [1.165, 1.54) is 4.52 Å². The van der Waals surface area contributed by atoms with E-state index >= 15 is 0 Å². The molecular weight excluding hydrogens is 331 g/mol. The molecule has 0 saturated heterocycles. The van der Waals surface area contributed by atoms with Gasteiger partial charge in [-0.15, -0.1) is 5.10 Å². The largest absolute Gasteiger partial charge is 0.323 e. The van der Waals surface area contributed by atoms with Crippen LogP contribution < -0.4 is 5.32 Å². The molecular formula is C15H13FN6O3. The van der Waals surface area contributed by atoms with Crippen LogP contribution in [-0.2, 0) is 11.2 Å². The van der Waals surface area contributed by atoms with Crippen molar-refractivity contribution in [1.29, 1.82) is 0 Å². The molecule has 0 aliphatic heterocycles. The molecule has 0 aliphatic carbocycles. The number of nitro groups is 1. The van der Waals surface area contributed by atoms with Crippen molar-refractivity contribution in [2.24, 2.45) is 0 Å². The molecule has 1 N–H and O–H groups in total. The highest BCUT2D eigenvalue weighted by atomic mass is 19.1. The summed E-state index contributed by atoms with van der Waals surface area (Å²) in [6.45, 7) is 3.65. The van der Waals surface area contributed by atoms with Gasteiger partial charge in [-0.25, -0.2) is 13.9 Å². The first kappa shape index (κ1) is 16.4. The van der Waals surface area contributed by atoms with Crippen LogP contribution in [0.4, 0.5) is 15.8 Å². The number of carbonyl (C=O) groups excluding carboxylic acids is 1. The Bertz CT molecular complexity index is 1000. The molecule has 0 spiro atoms. The van der Waals surface area contributed by atoms with E-state index in [9.17, 15) is 19.3 Å². The van der Waals surface area contributed by atoms with Gasteiger partial charge >= 0.3 is 0 Å². The Labute approximate surface area is 140 Å². The second kappa shape index (κ2) is 6.23. The van der Waals surface area contributed by atoms with Gasteiger partial charge in [0.25, 0.3) is 11.5 Å². The maximum Gasteiger partial charge on any atom is 0.271 e. The molecule has 3 rings (SSSR count). The standard InChI is InChI=1S/C15H13FN6O3/c1-8-5-9(2)21-15(17-8)19-13(20-21)7-14(23)18-12-6-10(22(24)25)3-4-11(12)16/h3-6H,7H2,1-2H3,(H,18,23). The zero-order chi connectivity index (χ0) is 18.1. The van der Waals surface area contributed by atoms with Gasteiger partial charge < -0.3 is 5.32 Å². The zero-order valence-corrected chi connectivity index (χ0v) is 13.4. The van der Waals surface area contributed by atoms with E-state index < -0.39 is 16.6 Å². The topological polar surface area (TPSA) is 115 Å². The van der Waals surface area contributed by atoms with Crippen LogP contribution in [0.2, 0.25) is 0 Å². The molecule has 1 amide bonds. The summed E-state index contributed by atoms with van der Waals surface area (Å²) >= 11 is 0. The molecule has 2 heterocycles. The monoisotopic (exact) mass is 344 g/mol.